The Balaban J connectivity index is 1.74. The third kappa shape index (κ3) is 4.04. The summed E-state index contributed by atoms with van der Waals surface area (Å²) in [5, 5.41) is 16.1. The Morgan fingerprint density at radius 1 is 1.13 bits per heavy atom. The first-order valence-electron chi connectivity index (χ1n) is 9.66. The lowest BCUT2D eigenvalue weighted by atomic mass is 9.98. The Hall–Kier alpha value is -3.25. The van der Waals surface area contributed by atoms with Crippen molar-refractivity contribution in [2.75, 3.05) is 0 Å². The average molecular weight is 422 g/mol. The molecule has 0 bridgehead atoms. The van der Waals surface area contributed by atoms with Crippen molar-refractivity contribution >= 4 is 40.1 Å². The monoisotopic (exact) mass is 421 g/mol. The molecule has 1 aliphatic heterocycles. The zero-order valence-electron chi connectivity index (χ0n) is 16.4. The largest absolute Gasteiger partial charge is 0.481 e. The highest BCUT2D eigenvalue weighted by molar-refractivity contribution is 6.30. The molecule has 3 aromatic rings. The van der Waals surface area contributed by atoms with Crippen molar-refractivity contribution in [3.05, 3.63) is 76.4 Å². The zero-order chi connectivity index (χ0) is 21.3. The van der Waals surface area contributed by atoms with Crippen LogP contribution in [0.25, 0.3) is 10.9 Å². The van der Waals surface area contributed by atoms with Gasteiger partial charge in [0.1, 0.15) is 5.15 Å². The predicted molar refractivity (Wildman–Crippen MR) is 116 cm³/mol. The molecule has 7 heteroatoms. The van der Waals surface area contributed by atoms with Gasteiger partial charge in [0.2, 0.25) is 5.91 Å². The normalized spacial score (nSPS) is 16.0. The van der Waals surface area contributed by atoms with Gasteiger partial charge in [-0.3, -0.25) is 9.59 Å². The second-order valence-corrected chi connectivity index (χ2v) is 7.69. The lowest BCUT2D eigenvalue weighted by Crippen LogP contribution is -2.27. The van der Waals surface area contributed by atoms with E-state index in [-0.39, 0.29) is 18.7 Å². The second kappa shape index (κ2) is 8.24. The van der Waals surface area contributed by atoms with E-state index in [1.165, 1.54) is 5.01 Å². The van der Waals surface area contributed by atoms with Crippen LogP contribution < -0.4 is 0 Å². The molecule has 6 nitrogen and oxygen atoms in total. The van der Waals surface area contributed by atoms with Crippen molar-refractivity contribution in [2.24, 2.45) is 5.10 Å². The summed E-state index contributed by atoms with van der Waals surface area (Å²) in [6.45, 7) is 1.99. The van der Waals surface area contributed by atoms with Crippen LogP contribution >= 0.6 is 11.6 Å². The number of rotatable bonds is 5. The summed E-state index contributed by atoms with van der Waals surface area (Å²) < 4.78 is 0. The number of hydrazone groups is 1. The van der Waals surface area contributed by atoms with Gasteiger partial charge in [-0.1, -0.05) is 54.1 Å². The highest BCUT2D eigenvalue weighted by Gasteiger charge is 2.34. The lowest BCUT2D eigenvalue weighted by molar-refractivity contribution is -0.141. The minimum absolute atomic E-state index is 0.130. The van der Waals surface area contributed by atoms with E-state index in [9.17, 15) is 9.59 Å². The minimum atomic E-state index is -1.02. The van der Waals surface area contributed by atoms with Crippen LogP contribution in [0.2, 0.25) is 5.15 Å². The molecule has 4 rings (SSSR count). The lowest BCUT2D eigenvalue weighted by Gasteiger charge is -2.23. The van der Waals surface area contributed by atoms with Gasteiger partial charge in [-0.05, 0) is 30.2 Å². The zero-order valence-corrected chi connectivity index (χ0v) is 17.1. The third-order valence-corrected chi connectivity index (χ3v) is 5.44. The Labute approximate surface area is 178 Å². The first-order valence-corrected chi connectivity index (χ1v) is 10.0. The number of hydrogen-bond donors (Lipinski definition) is 1. The van der Waals surface area contributed by atoms with Crippen LogP contribution in [0, 0.1) is 6.92 Å². The van der Waals surface area contributed by atoms with E-state index >= 15 is 0 Å². The van der Waals surface area contributed by atoms with Crippen LogP contribution in [-0.4, -0.2) is 32.7 Å². The number of carbonyl (C=O) groups excluding carboxylic acids is 1. The molecule has 0 fully saturated rings. The molecule has 0 saturated carbocycles. The molecule has 0 spiro atoms. The van der Waals surface area contributed by atoms with E-state index in [2.05, 4.69) is 10.1 Å². The molecule has 1 aromatic heterocycles. The number of amides is 1. The van der Waals surface area contributed by atoms with Gasteiger partial charge in [0.15, 0.2) is 0 Å². The molecular weight excluding hydrogens is 402 g/mol. The second-order valence-electron chi connectivity index (χ2n) is 7.33. The van der Waals surface area contributed by atoms with Crippen molar-refractivity contribution in [3.8, 4) is 0 Å². The number of hydrogen-bond acceptors (Lipinski definition) is 4. The number of fused-ring (bicyclic) bond motifs is 1. The summed E-state index contributed by atoms with van der Waals surface area (Å²) in [4.78, 5) is 28.3. The van der Waals surface area contributed by atoms with E-state index < -0.39 is 12.0 Å². The number of nitrogens with zero attached hydrogens (tertiary/aromatic N) is 3. The Kier molecular flexibility index (Phi) is 5.50. The number of aliphatic carboxylic acids is 1. The molecule has 1 aliphatic rings. The van der Waals surface area contributed by atoms with Gasteiger partial charge in [-0.2, -0.15) is 5.10 Å². The maximum Gasteiger partial charge on any atom is 0.303 e. The SMILES string of the molecule is Cc1ccc2cc([C@H]3CC(c4ccccc4)=NN3C(=O)CCC(=O)O)c(Cl)nc2c1. The molecule has 0 unspecified atom stereocenters. The molecule has 1 atom stereocenters. The molecule has 0 aliphatic carbocycles. The number of aryl methyl sites for hydroxylation is 1. The van der Waals surface area contributed by atoms with Gasteiger partial charge < -0.3 is 5.11 Å². The number of carboxylic acids is 1. The van der Waals surface area contributed by atoms with Gasteiger partial charge in [0, 0.05) is 23.8 Å². The molecule has 0 radical (unpaired) electrons. The highest BCUT2D eigenvalue weighted by Crippen LogP contribution is 2.37. The average Bonchev–Trinajstić information content (AvgIpc) is 3.17. The fourth-order valence-corrected chi connectivity index (χ4v) is 3.89. The first-order chi connectivity index (χ1) is 14.4. The van der Waals surface area contributed by atoms with Crippen molar-refractivity contribution in [3.63, 3.8) is 0 Å². The van der Waals surface area contributed by atoms with E-state index in [0.29, 0.717) is 17.1 Å². The summed E-state index contributed by atoms with van der Waals surface area (Å²) in [6.07, 6.45) is 0.0953. The number of carbonyl (C=O) groups is 2. The minimum Gasteiger partial charge on any atom is -0.481 e. The third-order valence-electron chi connectivity index (χ3n) is 5.14. The van der Waals surface area contributed by atoms with Crippen molar-refractivity contribution in [1.82, 2.24) is 9.99 Å². The summed E-state index contributed by atoms with van der Waals surface area (Å²) >= 11 is 6.53. The topological polar surface area (TPSA) is 82.9 Å². The summed E-state index contributed by atoms with van der Waals surface area (Å²) in [6, 6.07) is 17.0. The predicted octanol–water partition coefficient (Wildman–Crippen LogP) is 4.74. The molecule has 2 aromatic carbocycles. The van der Waals surface area contributed by atoms with Crippen LogP contribution in [0.5, 0.6) is 0 Å². The molecule has 152 valence electrons. The van der Waals surface area contributed by atoms with Gasteiger partial charge >= 0.3 is 5.97 Å². The van der Waals surface area contributed by atoms with Gasteiger partial charge in [-0.15, -0.1) is 0 Å². The standard InChI is InChI=1S/C23H20ClN3O3/c1-14-7-8-16-12-17(23(24)25-18(16)11-14)20-13-19(15-5-3-2-4-6-15)26-27(20)21(28)9-10-22(29)30/h2-8,11-12,20H,9-10,13H2,1H3,(H,29,30)/t20-/m1/s1. The van der Waals surface area contributed by atoms with E-state index in [1.54, 1.807) is 0 Å². The van der Waals surface area contributed by atoms with Crippen LogP contribution in [0.15, 0.2) is 59.7 Å². The number of benzene rings is 2. The quantitative estimate of drug-likeness (QED) is 0.603. The first kappa shape index (κ1) is 20.0. The molecule has 2 heterocycles. The van der Waals surface area contributed by atoms with Crippen LogP contribution in [0.1, 0.15) is 42.0 Å². The van der Waals surface area contributed by atoms with Crippen LogP contribution in [0.3, 0.4) is 0 Å². The fraction of sp³-hybridized carbons (Fsp3) is 0.217. The molecule has 1 N–H and O–H groups in total. The summed E-state index contributed by atoms with van der Waals surface area (Å²) in [5.74, 6) is -1.37. The Morgan fingerprint density at radius 2 is 1.90 bits per heavy atom. The summed E-state index contributed by atoms with van der Waals surface area (Å²) in [5.41, 5.74) is 4.24. The number of carboxylic acid groups (broad SMARTS) is 1. The molecule has 1 amide bonds. The Bertz CT molecular complexity index is 1160. The van der Waals surface area contributed by atoms with Gasteiger partial charge in [0.25, 0.3) is 0 Å². The van der Waals surface area contributed by atoms with Crippen molar-refractivity contribution in [1.29, 1.82) is 0 Å². The smallest absolute Gasteiger partial charge is 0.303 e. The number of aromatic nitrogens is 1. The maximum atomic E-state index is 12.8. The van der Waals surface area contributed by atoms with Crippen molar-refractivity contribution < 1.29 is 14.7 Å². The number of pyridine rings is 1. The Morgan fingerprint density at radius 3 is 2.63 bits per heavy atom. The molecule has 0 saturated heterocycles. The highest BCUT2D eigenvalue weighted by atomic mass is 35.5. The van der Waals surface area contributed by atoms with Crippen LogP contribution in [0.4, 0.5) is 0 Å². The van der Waals surface area contributed by atoms with Crippen LogP contribution in [-0.2, 0) is 9.59 Å². The van der Waals surface area contributed by atoms with E-state index in [0.717, 1.165) is 27.7 Å². The number of halogens is 1. The van der Waals surface area contributed by atoms with Gasteiger partial charge in [-0.25, -0.2) is 9.99 Å². The van der Waals surface area contributed by atoms with Gasteiger partial charge in [0.05, 0.1) is 23.7 Å². The van der Waals surface area contributed by atoms with Crippen molar-refractivity contribution in [2.45, 2.75) is 32.2 Å². The fourth-order valence-electron chi connectivity index (χ4n) is 3.62. The van der Waals surface area contributed by atoms with E-state index in [4.69, 9.17) is 16.7 Å². The molecule has 30 heavy (non-hydrogen) atoms. The maximum absolute atomic E-state index is 12.8. The summed E-state index contributed by atoms with van der Waals surface area (Å²) in [7, 11) is 0. The van der Waals surface area contributed by atoms with E-state index in [1.807, 2.05) is 61.5 Å². The molecular formula is C23H20ClN3O3.